The van der Waals surface area contributed by atoms with E-state index in [1.165, 1.54) is 0 Å². The molecular formula is C13H20N2O4S. The van der Waals surface area contributed by atoms with E-state index in [1.807, 2.05) is 0 Å². The summed E-state index contributed by atoms with van der Waals surface area (Å²) in [6.07, 6.45) is -0.186. The molecule has 1 aromatic rings. The zero-order chi connectivity index (χ0) is 14.6. The van der Waals surface area contributed by atoms with Crippen molar-refractivity contribution in [2.75, 3.05) is 37.7 Å². The molecule has 0 aromatic heterocycles. The number of nitrogens with one attached hydrogen (secondary N) is 1. The number of benzene rings is 1. The molecule has 20 heavy (non-hydrogen) atoms. The lowest BCUT2D eigenvalue weighted by atomic mass is 10.2. The van der Waals surface area contributed by atoms with Crippen molar-refractivity contribution in [2.45, 2.75) is 17.9 Å². The van der Waals surface area contributed by atoms with Crippen molar-refractivity contribution in [1.29, 1.82) is 0 Å². The number of ether oxygens (including phenoxy) is 1. The Hall–Kier alpha value is -1.15. The van der Waals surface area contributed by atoms with Gasteiger partial charge in [0.1, 0.15) is 0 Å². The first-order valence-electron chi connectivity index (χ1n) is 6.64. The smallest absolute Gasteiger partial charge is 0.240 e. The van der Waals surface area contributed by atoms with Crippen molar-refractivity contribution < 1.29 is 18.3 Å². The van der Waals surface area contributed by atoms with Crippen LogP contribution in [0.5, 0.6) is 0 Å². The van der Waals surface area contributed by atoms with E-state index < -0.39 is 10.0 Å². The summed E-state index contributed by atoms with van der Waals surface area (Å²) in [5.74, 6) is 0. The average molecular weight is 300 g/mol. The highest BCUT2D eigenvalue weighted by Crippen LogP contribution is 2.20. The van der Waals surface area contributed by atoms with Crippen molar-refractivity contribution in [3.63, 3.8) is 0 Å². The minimum Gasteiger partial charge on any atom is -0.394 e. The number of rotatable bonds is 5. The van der Waals surface area contributed by atoms with Crippen molar-refractivity contribution in [3.8, 4) is 0 Å². The molecule has 1 aliphatic heterocycles. The third-order valence-electron chi connectivity index (χ3n) is 3.19. The van der Waals surface area contributed by atoms with Crippen LogP contribution in [0.2, 0.25) is 0 Å². The number of nitrogens with zero attached hydrogens (tertiary/aromatic N) is 1. The summed E-state index contributed by atoms with van der Waals surface area (Å²) in [7, 11) is -3.41. The first kappa shape index (κ1) is 15.2. The predicted octanol–water partition coefficient (Wildman–Crippen LogP) is 0.182. The average Bonchev–Trinajstić information content (AvgIpc) is 2.47. The molecular weight excluding hydrogens is 280 g/mol. The van der Waals surface area contributed by atoms with E-state index in [4.69, 9.17) is 9.84 Å². The van der Waals surface area contributed by atoms with Gasteiger partial charge in [-0.15, -0.1) is 0 Å². The molecule has 112 valence electrons. The van der Waals surface area contributed by atoms with Gasteiger partial charge in [0.15, 0.2) is 0 Å². The van der Waals surface area contributed by atoms with Crippen LogP contribution in [0.3, 0.4) is 0 Å². The maximum Gasteiger partial charge on any atom is 0.240 e. The Kier molecular flexibility index (Phi) is 4.98. The third-order valence-corrected chi connectivity index (χ3v) is 4.75. The summed E-state index contributed by atoms with van der Waals surface area (Å²) in [5, 5.41) is 9.13. The summed E-state index contributed by atoms with van der Waals surface area (Å²) in [6.45, 7) is 4.00. The molecule has 1 atom stereocenters. The van der Waals surface area contributed by atoms with E-state index in [1.54, 1.807) is 31.2 Å². The lowest BCUT2D eigenvalue weighted by Crippen LogP contribution is -2.44. The largest absolute Gasteiger partial charge is 0.394 e. The topological polar surface area (TPSA) is 78.9 Å². The van der Waals surface area contributed by atoms with Crippen LogP contribution >= 0.6 is 0 Å². The monoisotopic (exact) mass is 300 g/mol. The van der Waals surface area contributed by atoms with E-state index in [9.17, 15) is 8.42 Å². The van der Waals surface area contributed by atoms with Gasteiger partial charge in [-0.3, -0.25) is 0 Å². The van der Waals surface area contributed by atoms with Gasteiger partial charge in [0.25, 0.3) is 0 Å². The number of hydrogen-bond acceptors (Lipinski definition) is 5. The fourth-order valence-electron chi connectivity index (χ4n) is 2.17. The van der Waals surface area contributed by atoms with Gasteiger partial charge < -0.3 is 14.7 Å². The molecule has 1 aromatic carbocycles. The van der Waals surface area contributed by atoms with Crippen LogP contribution in [0.25, 0.3) is 0 Å². The molecule has 1 heterocycles. The fourth-order valence-corrected chi connectivity index (χ4v) is 3.21. The Labute approximate surface area is 119 Å². The minimum absolute atomic E-state index is 0.0105. The molecule has 0 bridgehead atoms. The van der Waals surface area contributed by atoms with Crippen molar-refractivity contribution in [1.82, 2.24) is 4.72 Å². The first-order chi connectivity index (χ1) is 9.56. The molecule has 0 aliphatic carbocycles. The van der Waals surface area contributed by atoms with Gasteiger partial charge >= 0.3 is 0 Å². The van der Waals surface area contributed by atoms with Crippen LogP contribution in [-0.4, -0.2) is 52.5 Å². The van der Waals surface area contributed by atoms with Crippen LogP contribution in [0.4, 0.5) is 5.69 Å². The second kappa shape index (κ2) is 6.53. The number of morpholine rings is 1. The van der Waals surface area contributed by atoms with Gasteiger partial charge in [-0.1, -0.05) is 6.92 Å². The Morgan fingerprint density at radius 1 is 1.40 bits per heavy atom. The zero-order valence-electron chi connectivity index (χ0n) is 11.4. The van der Waals surface area contributed by atoms with Crippen molar-refractivity contribution in [3.05, 3.63) is 24.3 Å². The molecule has 0 radical (unpaired) electrons. The molecule has 0 spiro atoms. The van der Waals surface area contributed by atoms with Gasteiger partial charge in [-0.25, -0.2) is 13.1 Å². The summed E-state index contributed by atoms with van der Waals surface area (Å²) in [5.41, 5.74) is 0.933. The fraction of sp³-hybridized carbons (Fsp3) is 0.538. The molecule has 7 heteroatoms. The molecule has 2 rings (SSSR count). The molecule has 0 saturated carbocycles. The Balaban J connectivity index is 2.12. The number of aliphatic hydroxyl groups is 1. The molecule has 1 fully saturated rings. The molecule has 1 unspecified atom stereocenters. The van der Waals surface area contributed by atoms with Crippen LogP contribution in [0.1, 0.15) is 6.92 Å². The lowest BCUT2D eigenvalue weighted by Gasteiger charge is -2.33. The van der Waals surface area contributed by atoms with Crippen LogP contribution in [0.15, 0.2) is 29.2 Å². The Morgan fingerprint density at radius 3 is 2.70 bits per heavy atom. The molecule has 1 saturated heterocycles. The quantitative estimate of drug-likeness (QED) is 0.811. The highest BCUT2D eigenvalue weighted by Gasteiger charge is 2.20. The number of aliphatic hydroxyl groups excluding tert-OH is 1. The maximum atomic E-state index is 11.8. The van der Waals surface area contributed by atoms with Gasteiger partial charge in [-0.2, -0.15) is 0 Å². The van der Waals surface area contributed by atoms with E-state index in [-0.39, 0.29) is 17.6 Å². The second-order valence-corrected chi connectivity index (χ2v) is 6.38. The van der Waals surface area contributed by atoms with E-state index >= 15 is 0 Å². The lowest BCUT2D eigenvalue weighted by molar-refractivity contribution is 0.00356. The van der Waals surface area contributed by atoms with Gasteiger partial charge in [-0.05, 0) is 24.3 Å². The van der Waals surface area contributed by atoms with E-state index in [0.29, 0.717) is 19.7 Å². The first-order valence-corrected chi connectivity index (χ1v) is 8.12. The summed E-state index contributed by atoms with van der Waals surface area (Å²) >= 11 is 0. The predicted molar refractivity (Wildman–Crippen MR) is 76.3 cm³/mol. The molecule has 1 aliphatic rings. The van der Waals surface area contributed by atoms with Crippen molar-refractivity contribution >= 4 is 15.7 Å². The molecule has 6 nitrogen and oxygen atoms in total. The standard InChI is InChI=1S/C13H20N2O4S/c1-2-14-20(17,18)13-5-3-11(4-6-13)15-7-8-19-12(9-15)10-16/h3-6,12,14,16H,2,7-10H2,1H3. The SMILES string of the molecule is CCNS(=O)(=O)c1ccc(N2CCOC(CO)C2)cc1. The summed E-state index contributed by atoms with van der Waals surface area (Å²) < 4.78 is 31.5. The van der Waals surface area contributed by atoms with E-state index in [2.05, 4.69) is 9.62 Å². The minimum atomic E-state index is -3.41. The Bertz CT molecular complexity index is 530. The molecule has 2 N–H and O–H groups in total. The zero-order valence-corrected chi connectivity index (χ0v) is 12.3. The summed E-state index contributed by atoms with van der Waals surface area (Å²) in [4.78, 5) is 2.34. The number of hydrogen-bond donors (Lipinski definition) is 2. The van der Waals surface area contributed by atoms with Crippen LogP contribution < -0.4 is 9.62 Å². The molecule has 0 amide bonds. The van der Waals surface area contributed by atoms with Gasteiger partial charge in [0, 0.05) is 25.3 Å². The van der Waals surface area contributed by atoms with Gasteiger partial charge in [0.05, 0.1) is 24.2 Å². The highest BCUT2D eigenvalue weighted by atomic mass is 32.2. The summed E-state index contributed by atoms with van der Waals surface area (Å²) in [6, 6.07) is 6.75. The Morgan fingerprint density at radius 2 is 2.10 bits per heavy atom. The second-order valence-electron chi connectivity index (χ2n) is 4.62. The maximum absolute atomic E-state index is 11.8. The van der Waals surface area contributed by atoms with Crippen molar-refractivity contribution in [2.24, 2.45) is 0 Å². The van der Waals surface area contributed by atoms with Gasteiger partial charge in [0.2, 0.25) is 10.0 Å². The number of sulfonamides is 1. The third kappa shape index (κ3) is 3.49. The number of anilines is 1. The van der Waals surface area contributed by atoms with Crippen LogP contribution in [0, 0.1) is 0 Å². The van der Waals surface area contributed by atoms with Crippen LogP contribution in [-0.2, 0) is 14.8 Å². The normalized spacial score (nSPS) is 20.1. The highest BCUT2D eigenvalue weighted by molar-refractivity contribution is 7.89. The van der Waals surface area contributed by atoms with E-state index in [0.717, 1.165) is 12.2 Å².